The lowest BCUT2D eigenvalue weighted by atomic mass is 10.1. The monoisotopic (exact) mass is 469 g/mol. The van der Waals surface area contributed by atoms with E-state index in [0.717, 1.165) is 35.1 Å². The number of methoxy groups -OCH3 is 2. The molecule has 0 unspecified atom stereocenters. The lowest BCUT2D eigenvalue weighted by Crippen LogP contribution is -2.36. The zero-order valence-corrected chi connectivity index (χ0v) is 18.2. The van der Waals surface area contributed by atoms with Crippen LogP contribution >= 0.6 is 24.0 Å². The molecule has 0 amide bonds. The van der Waals surface area contributed by atoms with Gasteiger partial charge < -0.3 is 20.1 Å². The van der Waals surface area contributed by atoms with E-state index in [-0.39, 0.29) is 24.0 Å². The summed E-state index contributed by atoms with van der Waals surface area (Å²) < 4.78 is 10.6. The predicted octanol–water partition coefficient (Wildman–Crippen LogP) is 3.89. The standard InChI is InChI=1S/C20H27N3O2.HI/c1-5-21-20(22-13-16-7-10-18(24-3)11-8-16)23-14-17-9-6-15(2)12-19(17)25-4;/h6-12H,5,13-14H2,1-4H3,(H2,21,22,23);1H. The van der Waals surface area contributed by atoms with Gasteiger partial charge in [0.05, 0.1) is 20.8 Å². The molecule has 0 saturated heterocycles. The summed E-state index contributed by atoms with van der Waals surface area (Å²) in [5, 5.41) is 6.63. The van der Waals surface area contributed by atoms with Gasteiger partial charge in [0.1, 0.15) is 11.5 Å². The molecular weight excluding hydrogens is 441 g/mol. The third kappa shape index (κ3) is 6.74. The summed E-state index contributed by atoms with van der Waals surface area (Å²) in [5.74, 6) is 2.52. The van der Waals surface area contributed by atoms with Crippen molar-refractivity contribution in [2.45, 2.75) is 26.9 Å². The van der Waals surface area contributed by atoms with Crippen molar-refractivity contribution in [1.82, 2.24) is 10.6 Å². The van der Waals surface area contributed by atoms with E-state index in [4.69, 9.17) is 9.47 Å². The second-order valence-electron chi connectivity index (χ2n) is 5.71. The Morgan fingerprint density at radius 1 is 1.00 bits per heavy atom. The Morgan fingerprint density at radius 3 is 2.35 bits per heavy atom. The van der Waals surface area contributed by atoms with Crippen LogP contribution in [0.15, 0.2) is 47.5 Å². The van der Waals surface area contributed by atoms with Crippen LogP contribution in [0.25, 0.3) is 0 Å². The van der Waals surface area contributed by atoms with Crippen molar-refractivity contribution in [2.24, 2.45) is 4.99 Å². The Kier molecular flexibility index (Phi) is 9.87. The largest absolute Gasteiger partial charge is 0.497 e. The van der Waals surface area contributed by atoms with Crippen molar-refractivity contribution in [2.75, 3.05) is 20.8 Å². The van der Waals surface area contributed by atoms with Gasteiger partial charge in [0.15, 0.2) is 5.96 Å². The summed E-state index contributed by atoms with van der Waals surface area (Å²) in [6.07, 6.45) is 0. The number of guanidine groups is 1. The Labute approximate surface area is 173 Å². The minimum atomic E-state index is 0. The maximum atomic E-state index is 5.46. The van der Waals surface area contributed by atoms with Crippen LogP contribution in [0.4, 0.5) is 0 Å². The van der Waals surface area contributed by atoms with Crippen LogP contribution in [0, 0.1) is 6.92 Å². The third-order valence-electron chi connectivity index (χ3n) is 3.81. The van der Waals surface area contributed by atoms with Gasteiger partial charge in [-0.3, -0.25) is 0 Å². The van der Waals surface area contributed by atoms with Gasteiger partial charge in [-0.25, -0.2) is 4.99 Å². The minimum Gasteiger partial charge on any atom is -0.497 e. The van der Waals surface area contributed by atoms with Crippen LogP contribution in [-0.4, -0.2) is 26.7 Å². The van der Waals surface area contributed by atoms with E-state index in [0.29, 0.717) is 13.1 Å². The third-order valence-corrected chi connectivity index (χ3v) is 3.81. The smallest absolute Gasteiger partial charge is 0.191 e. The minimum absolute atomic E-state index is 0. The van der Waals surface area contributed by atoms with Gasteiger partial charge in [0.2, 0.25) is 0 Å². The van der Waals surface area contributed by atoms with E-state index >= 15 is 0 Å². The summed E-state index contributed by atoms with van der Waals surface area (Å²) >= 11 is 0. The zero-order valence-electron chi connectivity index (χ0n) is 15.8. The highest BCUT2D eigenvalue weighted by Gasteiger charge is 2.05. The average molecular weight is 469 g/mol. The van der Waals surface area contributed by atoms with E-state index in [2.05, 4.69) is 41.6 Å². The van der Waals surface area contributed by atoms with Gasteiger partial charge in [-0.05, 0) is 43.2 Å². The number of hydrogen-bond acceptors (Lipinski definition) is 3. The summed E-state index contributed by atoms with van der Waals surface area (Å²) in [7, 11) is 3.36. The molecule has 0 spiro atoms. The number of ether oxygens (including phenoxy) is 2. The van der Waals surface area contributed by atoms with Gasteiger partial charge in [-0.15, -0.1) is 24.0 Å². The number of halogens is 1. The van der Waals surface area contributed by atoms with E-state index in [1.54, 1.807) is 14.2 Å². The lowest BCUT2D eigenvalue weighted by Gasteiger charge is -2.14. The van der Waals surface area contributed by atoms with Crippen LogP contribution in [-0.2, 0) is 13.1 Å². The number of aliphatic imine (C=N–C) groups is 1. The van der Waals surface area contributed by atoms with E-state index < -0.39 is 0 Å². The average Bonchev–Trinajstić information content (AvgIpc) is 2.65. The van der Waals surface area contributed by atoms with Gasteiger partial charge in [0.25, 0.3) is 0 Å². The van der Waals surface area contributed by atoms with Crippen LogP contribution in [0.5, 0.6) is 11.5 Å². The van der Waals surface area contributed by atoms with Crippen LogP contribution in [0.1, 0.15) is 23.6 Å². The number of benzene rings is 2. The first kappa shape index (κ1) is 22.1. The molecule has 142 valence electrons. The fraction of sp³-hybridized carbons (Fsp3) is 0.350. The van der Waals surface area contributed by atoms with Crippen molar-refractivity contribution in [3.05, 3.63) is 59.2 Å². The SMILES string of the molecule is CCNC(=NCc1ccc(OC)cc1)NCc1ccc(C)cc1OC.I. The molecule has 0 atom stereocenters. The quantitative estimate of drug-likeness (QED) is 0.367. The van der Waals surface area contributed by atoms with Crippen LogP contribution in [0.3, 0.4) is 0 Å². The number of nitrogens with one attached hydrogen (secondary N) is 2. The number of hydrogen-bond donors (Lipinski definition) is 2. The van der Waals surface area contributed by atoms with Gasteiger partial charge in [-0.1, -0.05) is 24.3 Å². The summed E-state index contributed by atoms with van der Waals surface area (Å²) in [6, 6.07) is 14.1. The molecule has 26 heavy (non-hydrogen) atoms. The lowest BCUT2D eigenvalue weighted by molar-refractivity contribution is 0.408. The normalized spacial score (nSPS) is 10.7. The Hall–Kier alpha value is -1.96. The molecule has 0 heterocycles. The summed E-state index contributed by atoms with van der Waals surface area (Å²) in [5.41, 5.74) is 3.41. The highest BCUT2D eigenvalue weighted by atomic mass is 127. The van der Waals surface area contributed by atoms with E-state index in [1.165, 1.54) is 5.56 Å². The van der Waals surface area contributed by atoms with Crippen LogP contribution in [0.2, 0.25) is 0 Å². The molecule has 0 fully saturated rings. The van der Waals surface area contributed by atoms with Gasteiger partial charge >= 0.3 is 0 Å². The molecule has 5 nitrogen and oxygen atoms in total. The van der Waals surface area contributed by atoms with E-state index in [1.807, 2.05) is 30.3 Å². The first-order valence-electron chi connectivity index (χ1n) is 8.45. The summed E-state index contributed by atoms with van der Waals surface area (Å²) in [4.78, 5) is 4.64. The predicted molar refractivity (Wildman–Crippen MR) is 118 cm³/mol. The first-order chi connectivity index (χ1) is 12.2. The number of rotatable bonds is 7. The second-order valence-corrected chi connectivity index (χ2v) is 5.71. The second kappa shape index (κ2) is 11.6. The molecule has 0 aromatic heterocycles. The molecular formula is C20H28IN3O2. The molecule has 0 radical (unpaired) electrons. The molecule has 6 heteroatoms. The van der Waals surface area contributed by atoms with Crippen molar-refractivity contribution in [3.63, 3.8) is 0 Å². The molecule has 0 aliphatic carbocycles. The molecule has 0 bridgehead atoms. The van der Waals surface area contributed by atoms with Crippen molar-refractivity contribution >= 4 is 29.9 Å². The molecule has 2 aromatic carbocycles. The number of aryl methyl sites for hydroxylation is 1. The molecule has 2 aromatic rings. The van der Waals surface area contributed by atoms with Crippen molar-refractivity contribution in [1.29, 1.82) is 0 Å². The molecule has 2 rings (SSSR count). The maximum Gasteiger partial charge on any atom is 0.191 e. The topological polar surface area (TPSA) is 54.9 Å². The van der Waals surface area contributed by atoms with Gasteiger partial charge in [0, 0.05) is 18.7 Å². The Morgan fingerprint density at radius 2 is 1.73 bits per heavy atom. The summed E-state index contributed by atoms with van der Waals surface area (Å²) in [6.45, 7) is 6.17. The first-order valence-corrected chi connectivity index (χ1v) is 8.45. The number of nitrogens with zero attached hydrogens (tertiary/aromatic N) is 1. The Balaban J connectivity index is 0.00000338. The van der Waals surface area contributed by atoms with Crippen LogP contribution < -0.4 is 20.1 Å². The highest BCUT2D eigenvalue weighted by molar-refractivity contribution is 14.0. The molecule has 0 aliphatic rings. The highest BCUT2D eigenvalue weighted by Crippen LogP contribution is 2.19. The molecule has 0 saturated carbocycles. The zero-order chi connectivity index (χ0) is 18.1. The van der Waals surface area contributed by atoms with Gasteiger partial charge in [-0.2, -0.15) is 0 Å². The van der Waals surface area contributed by atoms with Crippen molar-refractivity contribution in [3.8, 4) is 11.5 Å². The Bertz CT molecular complexity index is 703. The fourth-order valence-corrected chi connectivity index (χ4v) is 2.42. The van der Waals surface area contributed by atoms with Crippen molar-refractivity contribution < 1.29 is 9.47 Å². The molecule has 0 aliphatic heterocycles. The fourth-order valence-electron chi connectivity index (χ4n) is 2.42. The molecule has 2 N–H and O–H groups in total. The maximum absolute atomic E-state index is 5.46. The van der Waals surface area contributed by atoms with E-state index in [9.17, 15) is 0 Å².